The minimum Gasteiger partial charge on any atom is -0.454 e. The van der Waals surface area contributed by atoms with Crippen molar-refractivity contribution in [2.24, 2.45) is 0 Å². The van der Waals surface area contributed by atoms with Gasteiger partial charge in [-0.25, -0.2) is 0 Å². The van der Waals surface area contributed by atoms with E-state index in [4.69, 9.17) is 14.2 Å². The van der Waals surface area contributed by atoms with Crippen LogP contribution in [0.15, 0.2) is 48.5 Å². The van der Waals surface area contributed by atoms with E-state index in [1.54, 1.807) is 12.1 Å². The fraction of sp³-hybridized carbons (Fsp3) is 0.318. The van der Waals surface area contributed by atoms with Crippen molar-refractivity contribution in [3.05, 3.63) is 59.7 Å². The number of amides is 2. The van der Waals surface area contributed by atoms with Crippen LogP contribution in [-0.2, 0) is 25.7 Å². The van der Waals surface area contributed by atoms with Crippen molar-refractivity contribution in [3.8, 4) is 11.5 Å². The maximum absolute atomic E-state index is 12.3. The van der Waals surface area contributed by atoms with Crippen LogP contribution in [0.1, 0.15) is 37.4 Å². The molecule has 2 aromatic rings. The smallest absolute Gasteiger partial charge is 0.309 e. The maximum atomic E-state index is 12.3. The average Bonchev–Trinajstić information content (AvgIpc) is 3.19. The van der Waals surface area contributed by atoms with Crippen molar-refractivity contribution >= 4 is 17.8 Å². The number of hydrogen-bond donors (Lipinski definition) is 2. The molecule has 2 amide bonds. The van der Waals surface area contributed by atoms with Gasteiger partial charge >= 0.3 is 5.97 Å². The Morgan fingerprint density at radius 1 is 1.07 bits per heavy atom. The first kappa shape index (κ1) is 21.2. The van der Waals surface area contributed by atoms with Gasteiger partial charge in [-0.1, -0.05) is 36.4 Å². The van der Waals surface area contributed by atoms with Gasteiger partial charge in [-0.15, -0.1) is 0 Å². The van der Waals surface area contributed by atoms with Gasteiger partial charge in [0.15, 0.2) is 17.6 Å². The van der Waals surface area contributed by atoms with Crippen molar-refractivity contribution in [2.45, 2.75) is 39.0 Å². The van der Waals surface area contributed by atoms with E-state index in [0.29, 0.717) is 11.5 Å². The zero-order valence-corrected chi connectivity index (χ0v) is 16.8. The summed E-state index contributed by atoms with van der Waals surface area (Å²) in [7, 11) is 0. The highest BCUT2D eigenvalue weighted by Gasteiger charge is 2.22. The van der Waals surface area contributed by atoms with Crippen LogP contribution >= 0.6 is 0 Å². The number of fused-ring (bicyclic) bond motifs is 1. The third-order valence-electron chi connectivity index (χ3n) is 4.53. The second kappa shape index (κ2) is 9.78. The summed E-state index contributed by atoms with van der Waals surface area (Å²) in [6, 6.07) is 14.0. The topological polar surface area (TPSA) is 103 Å². The lowest BCUT2D eigenvalue weighted by molar-refractivity contribution is -0.155. The van der Waals surface area contributed by atoms with Gasteiger partial charge in [-0.05, 0) is 30.2 Å². The van der Waals surface area contributed by atoms with E-state index >= 15 is 0 Å². The summed E-state index contributed by atoms with van der Waals surface area (Å²) in [4.78, 5) is 36.1. The molecule has 0 fully saturated rings. The highest BCUT2D eigenvalue weighted by molar-refractivity contribution is 5.83. The first-order valence-corrected chi connectivity index (χ1v) is 9.60. The van der Waals surface area contributed by atoms with Crippen LogP contribution in [0, 0.1) is 0 Å². The van der Waals surface area contributed by atoms with Crippen LogP contribution in [0.5, 0.6) is 11.5 Å². The van der Waals surface area contributed by atoms with Crippen LogP contribution in [0.3, 0.4) is 0 Å². The van der Waals surface area contributed by atoms with Crippen molar-refractivity contribution < 1.29 is 28.6 Å². The lowest BCUT2D eigenvalue weighted by atomic mass is 10.0. The lowest BCUT2D eigenvalue weighted by Crippen LogP contribution is -2.36. The molecule has 0 radical (unpaired) electrons. The molecule has 30 heavy (non-hydrogen) atoms. The van der Waals surface area contributed by atoms with Crippen LogP contribution in [0.25, 0.3) is 0 Å². The predicted molar refractivity (Wildman–Crippen MR) is 108 cm³/mol. The van der Waals surface area contributed by atoms with E-state index in [9.17, 15) is 14.4 Å². The normalized spacial score (nSPS) is 13.8. The third kappa shape index (κ3) is 5.73. The van der Waals surface area contributed by atoms with Crippen molar-refractivity contribution in [1.82, 2.24) is 10.6 Å². The summed E-state index contributed by atoms with van der Waals surface area (Å²) < 4.78 is 15.8. The van der Waals surface area contributed by atoms with Gasteiger partial charge in [0.05, 0.1) is 12.5 Å². The summed E-state index contributed by atoms with van der Waals surface area (Å²) in [5.74, 6) is 0.0389. The van der Waals surface area contributed by atoms with Crippen LogP contribution < -0.4 is 20.1 Å². The molecule has 1 heterocycles. The number of nitrogens with one attached hydrogen (secondary N) is 2. The van der Waals surface area contributed by atoms with Gasteiger partial charge in [0.25, 0.3) is 5.91 Å². The number of carbonyl (C=O) groups excluding carboxylic acids is 3. The summed E-state index contributed by atoms with van der Waals surface area (Å²) in [5, 5.41) is 5.46. The molecule has 2 aromatic carbocycles. The zero-order chi connectivity index (χ0) is 21.5. The highest BCUT2D eigenvalue weighted by atomic mass is 16.7. The monoisotopic (exact) mass is 412 g/mol. The van der Waals surface area contributed by atoms with Crippen molar-refractivity contribution in [2.75, 3.05) is 6.79 Å². The molecular weight excluding hydrogens is 388 g/mol. The molecule has 8 heteroatoms. The van der Waals surface area contributed by atoms with E-state index < -0.39 is 24.0 Å². The number of benzene rings is 2. The largest absolute Gasteiger partial charge is 0.454 e. The van der Waals surface area contributed by atoms with E-state index in [1.165, 1.54) is 13.8 Å². The molecule has 158 valence electrons. The van der Waals surface area contributed by atoms with Gasteiger partial charge in [-0.2, -0.15) is 0 Å². The number of rotatable bonds is 8. The molecule has 0 spiro atoms. The van der Waals surface area contributed by atoms with Crippen molar-refractivity contribution in [1.29, 1.82) is 0 Å². The Bertz CT molecular complexity index is 915. The molecule has 0 bridgehead atoms. The Labute approximate surface area is 174 Å². The fourth-order valence-electron chi connectivity index (χ4n) is 3.03. The molecule has 1 aliphatic rings. The second-order valence-corrected chi connectivity index (χ2v) is 6.91. The zero-order valence-electron chi connectivity index (χ0n) is 16.8. The minimum atomic E-state index is -0.972. The third-order valence-corrected chi connectivity index (χ3v) is 4.53. The molecule has 0 saturated heterocycles. The molecule has 0 unspecified atom stereocenters. The predicted octanol–water partition coefficient (Wildman–Crippen LogP) is 2.23. The highest BCUT2D eigenvalue weighted by Crippen LogP contribution is 2.32. The van der Waals surface area contributed by atoms with Gasteiger partial charge in [0.1, 0.15) is 0 Å². The summed E-state index contributed by atoms with van der Waals surface area (Å²) in [5.41, 5.74) is 1.62. The molecule has 0 saturated carbocycles. The first-order chi connectivity index (χ1) is 14.4. The van der Waals surface area contributed by atoms with Crippen molar-refractivity contribution in [3.63, 3.8) is 0 Å². The minimum absolute atomic E-state index is 0.0800. The quantitative estimate of drug-likeness (QED) is 0.645. The standard InChI is InChI=1S/C22H24N2O6/c1-14(22(27)23-12-16-8-9-19-20(10-16)29-13-28-19)30-21(26)11-18(24-15(2)25)17-6-4-3-5-7-17/h3-10,14,18H,11-13H2,1-2H3,(H,23,27)(H,24,25)/t14-,18-/m0/s1. The second-order valence-electron chi connectivity index (χ2n) is 6.91. The van der Waals surface area contributed by atoms with E-state index in [0.717, 1.165) is 11.1 Å². The van der Waals surface area contributed by atoms with E-state index in [2.05, 4.69) is 10.6 Å². The SMILES string of the molecule is CC(=O)N[C@@H](CC(=O)O[C@@H](C)C(=O)NCc1ccc2c(c1)OCO2)c1ccccc1. The summed E-state index contributed by atoms with van der Waals surface area (Å²) >= 11 is 0. The molecule has 1 aliphatic heterocycles. The van der Waals surface area contributed by atoms with Gasteiger partial charge in [0, 0.05) is 13.5 Å². The van der Waals surface area contributed by atoms with Gasteiger partial charge < -0.3 is 24.8 Å². The molecule has 2 N–H and O–H groups in total. The molecular formula is C22H24N2O6. The number of ether oxygens (including phenoxy) is 3. The van der Waals surface area contributed by atoms with Gasteiger partial charge in [0.2, 0.25) is 12.7 Å². The number of carbonyl (C=O) groups is 3. The molecule has 8 nitrogen and oxygen atoms in total. The Hall–Kier alpha value is -3.55. The van der Waals surface area contributed by atoms with Crippen LogP contribution in [-0.4, -0.2) is 30.7 Å². The number of esters is 1. The Balaban J connectivity index is 1.51. The molecule has 3 rings (SSSR count). The number of hydrogen-bond acceptors (Lipinski definition) is 6. The molecule has 0 aromatic heterocycles. The Morgan fingerprint density at radius 3 is 2.53 bits per heavy atom. The first-order valence-electron chi connectivity index (χ1n) is 9.60. The fourth-order valence-corrected chi connectivity index (χ4v) is 3.03. The molecule has 0 aliphatic carbocycles. The Morgan fingerprint density at radius 2 is 1.80 bits per heavy atom. The van der Waals surface area contributed by atoms with E-state index in [1.807, 2.05) is 36.4 Å². The van der Waals surface area contributed by atoms with Crippen LogP contribution in [0.2, 0.25) is 0 Å². The lowest BCUT2D eigenvalue weighted by Gasteiger charge is -2.19. The summed E-state index contributed by atoms with van der Waals surface area (Å²) in [6.45, 7) is 3.33. The Kier molecular flexibility index (Phi) is 6.90. The van der Waals surface area contributed by atoms with E-state index in [-0.39, 0.29) is 25.7 Å². The van der Waals surface area contributed by atoms with Gasteiger partial charge in [-0.3, -0.25) is 14.4 Å². The maximum Gasteiger partial charge on any atom is 0.309 e. The van der Waals surface area contributed by atoms with Crippen LogP contribution in [0.4, 0.5) is 0 Å². The molecule has 2 atom stereocenters. The average molecular weight is 412 g/mol. The summed E-state index contributed by atoms with van der Waals surface area (Å²) in [6.07, 6.45) is -1.05.